The summed E-state index contributed by atoms with van der Waals surface area (Å²) in [4.78, 5) is 29.0. The molecule has 0 saturated carbocycles. The van der Waals surface area contributed by atoms with Crippen LogP contribution < -0.4 is 16.8 Å². The molecule has 0 aliphatic heterocycles. The summed E-state index contributed by atoms with van der Waals surface area (Å²) in [6.07, 6.45) is -0.0224. The lowest BCUT2D eigenvalue weighted by molar-refractivity contribution is -0.193. The number of carbonyl (C=O) groups is 1. The summed E-state index contributed by atoms with van der Waals surface area (Å²) >= 11 is 10.4. The second-order valence-electron chi connectivity index (χ2n) is 2.83. The number of carbonyl (C=O) groups excluding carboxylic acids is 1. The lowest BCUT2D eigenvalue weighted by atomic mass is 10.9. The Balaban J connectivity index is -0.000000277. The second-order valence-corrected chi connectivity index (χ2v) is 7.26. The zero-order valence-electron chi connectivity index (χ0n) is 11.2. The molecule has 0 aliphatic rings. The Morgan fingerprint density at radius 1 is 1.30 bits per heavy atom. The minimum atomic E-state index is -4.38. The first-order valence-corrected chi connectivity index (χ1v) is 9.34. The van der Waals surface area contributed by atoms with E-state index >= 15 is 0 Å². The molecular weight excluding hydrogens is 357 g/mol. The molecule has 0 bridgehead atoms. The number of hydrogen-bond donors (Lipinski definition) is 3. The lowest BCUT2D eigenvalue weighted by Gasteiger charge is -2.16. The average molecular weight is 377 g/mol. The highest BCUT2D eigenvalue weighted by Crippen LogP contribution is 2.41. The van der Waals surface area contributed by atoms with Crippen LogP contribution in [0.1, 0.15) is 6.92 Å². The molecule has 0 saturated heterocycles. The van der Waals surface area contributed by atoms with E-state index in [0.717, 1.165) is 0 Å². The van der Waals surface area contributed by atoms with Gasteiger partial charge >= 0.3 is 7.60 Å². The van der Waals surface area contributed by atoms with Crippen LogP contribution in [0.25, 0.3) is 0 Å². The van der Waals surface area contributed by atoms with Crippen LogP contribution in [0.2, 0.25) is 0 Å². The third-order valence-electron chi connectivity index (χ3n) is 1.31. The fourth-order valence-corrected chi connectivity index (χ4v) is 2.59. The smallest absolute Gasteiger partial charge is 0.329 e. The van der Waals surface area contributed by atoms with Crippen LogP contribution in [0, 0.1) is 0 Å². The van der Waals surface area contributed by atoms with Gasteiger partial charge in [-0.15, -0.1) is 23.2 Å². The van der Waals surface area contributed by atoms with Crippen molar-refractivity contribution in [3.8, 4) is 0 Å². The van der Waals surface area contributed by atoms with Gasteiger partial charge in [-0.25, -0.2) is 0 Å². The molecule has 0 rings (SSSR count). The first-order valence-electron chi connectivity index (χ1n) is 4.96. The van der Waals surface area contributed by atoms with Crippen molar-refractivity contribution in [2.45, 2.75) is 6.92 Å². The van der Waals surface area contributed by atoms with E-state index in [0.29, 0.717) is 0 Å². The maximum absolute atomic E-state index is 10.8. The van der Waals surface area contributed by atoms with Crippen molar-refractivity contribution in [1.29, 1.82) is 0 Å². The third-order valence-corrected chi connectivity index (χ3v) is 4.43. The highest BCUT2D eigenvalue weighted by molar-refractivity contribution is 7.69. The molecule has 2 unspecified atom stereocenters. The van der Waals surface area contributed by atoms with Gasteiger partial charge in [0, 0.05) is 11.8 Å². The highest BCUT2D eigenvalue weighted by atomic mass is 35.5. The average Bonchev–Trinajstić information content (AvgIpc) is 2.27. The Kier molecular flexibility index (Phi) is 16.4. The predicted molar refractivity (Wildman–Crippen MR) is 76.9 cm³/mol. The van der Waals surface area contributed by atoms with Crippen molar-refractivity contribution in [1.82, 2.24) is 6.15 Å². The Hall–Kier alpha value is 0.310. The second kappa shape index (κ2) is 13.0. The third kappa shape index (κ3) is 14.7. The van der Waals surface area contributed by atoms with Crippen molar-refractivity contribution in [3.05, 3.63) is 0 Å². The van der Waals surface area contributed by atoms with Crippen molar-refractivity contribution in [2.75, 3.05) is 31.1 Å². The maximum atomic E-state index is 10.8. The van der Waals surface area contributed by atoms with E-state index < -0.39 is 20.8 Å². The first-order chi connectivity index (χ1) is 8.63. The molecule has 20 heavy (non-hydrogen) atoms. The molecular formula is C7H20Cl2N2O7P2. The molecule has 0 radical (unpaired) electrons. The topological polar surface area (TPSA) is 175 Å². The Morgan fingerprint density at radius 2 is 1.80 bits per heavy atom. The fourth-order valence-electron chi connectivity index (χ4n) is 0.582. The summed E-state index contributed by atoms with van der Waals surface area (Å²) in [6, 6.07) is 0. The highest BCUT2D eigenvalue weighted by Gasteiger charge is 2.17. The summed E-state index contributed by atoms with van der Waals surface area (Å²) in [7, 11) is -7.80. The molecule has 0 aromatic carbocycles. The van der Waals surface area contributed by atoms with Crippen LogP contribution in [-0.2, 0) is 18.2 Å². The number of primary amides is 1. The summed E-state index contributed by atoms with van der Waals surface area (Å²) < 4.78 is 29.6. The lowest BCUT2D eigenvalue weighted by Crippen LogP contribution is -2.19. The van der Waals surface area contributed by atoms with Crippen molar-refractivity contribution in [3.63, 3.8) is 0 Å². The normalized spacial score (nSPS) is 15.8. The van der Waals surface area contributed by atoms with Gasteiger partial charge in [-0.3, -0.25) is 13.9 Å². The number of nitrogens with two attached hydrogens (primary N) is 1. The van der Waals surface area contributed by atoms with Crippen molar-refractivity contribution < 1.29 is 32.8 Å². The van der Waals surface area contributed by atoms with Gasteiger partial charge in [0.15, 0.2) is 0 Å². The van der Waals surface area contributed by atoms with E-state index in [1.165, 1.54) is 6.92 Å². The fraction of sp³-hybridized carbons (Fsp3) is 0.857. The Bertz CT molecular complexity index is 358. The number of alkyl halides is 2. The zero-order valence-corrected chi connectivity index (χ0v) is 14.5. The zero-order chi connectivity index (χ0) is 15.5. The molecule has 1 amide bonds. The summed E-state index contributed by atoms with van der Waals surface area (Å²) in [5.74, 6) is 0.336. The monoisotopic (exact) mass is 376 g/mol. The van der Waals surface area contributed by atoms with Gasteiger partial charge in [-0.2, -0.15) is 0 Å². The molecule has 13 heteroatoms. The van der Waals surface area contributed by atoms with Crippen LogP contribution in [0.4, 0.5) is 4.79 Å². The molecule has 2 atom stereocenters. The predicted octanol–water partition coefficient (Wildman–Crippen LogP) is 1.70. The van der Waals surface area contributed by atoms with Crippen molar-refractivity contribution in [2.24, 2.45) is 5.73 Å². The molecule has 0 fully saturated rings. The van der Waals surface area contributed by atoms with Gasteiger partial charge in [0.1, 0.15) is 0 Å². The molecule has 0 aromatic heterocycles. The van der Waals surface area contributed by atoms with Crippen LogP contribution in [0.5, 0.6) is 0 Å². The van der Waals surface area contributed by atoms with Gasteiger partial charge in [0.05, 0.1) is 19.4 Å². The number of hydrogen-bond acceptors (Lipinski definition) is 6. The Labute approximate surface area is 127 Å². The minimum absolute atomic E-state index is 0. The molecule has 0 heterocycles. The molecule has 0 aliphatic carbocycles. The van der Waals surface area contributed by atoms with E-state index in [-0.39, 0.29) is 37.3 Å². The van der Waals surface area contributed by atoms with Crippen LogP contribution in [-0.4, -0.2) is 41.7 Å². The van der Waals surface area contributed by atoms with Gasteiger partial charge in [0.2, 0.25) is 7.60 Å². The van der Waals surface area contributed by atoms with Gasteiger partial charge in [-0.05, 0) is 6.92 Å². The summed E-state index contributed by atoms with van der Waals surface area (Å²) in [5.41, 5.74) is 2.99. The molecule has 0 spiro atoms. The summed E-state index contributed by atoms with van der Waals surface area (Å²) in [6.45, 7) is 1.48. The van der Waals surface area contributed by atoms with Gasteiger partial charge < -0.3 is 30.7 Å². The molecule has 7 N–H and O–H groups in total. The van der Waals surface area contributed by atoms with E-state index in [2.05, 4.69) is 14.8 Å². The molecule has 124 valence electrons. The number of quaternary nitrogens is 1. The quantitative estimate of drug-likeness (QED) is 0.426. The van der Waals surface area contributed by atoms with Crippen LogP contribution >= 0.6 is 38.4 Å². The minimum Gasteiger partial charge on any atom is -0.772 e. The van der Waals surface area contributed by atoms with E-state index in [9.17, 15) is 18.8 Å². The molecule has 9 nitrogen and oxygen atoms in total. The SMILES string of the molecule is CCOP(=O)([O-])C(N)=O.O=P(O)(CCCl)OCCCl.[NH4+]. The maximum Gasteiger partial charge on any atom is 0.329 e. The van der Waals surface area contributed by atoms with E-state index in [1.807, 2.05) is 0 Å². The largest absolute Gasteiger partial charge is 0.772 e. The van der Waals surface area contributed by atoms with Crippen LogP contribution in [0.3, 0.4) is 0 Å². The summed E-state index contributed by atoms with van der Waals surface area (Å²) in [5, 5.41) is 0. The standard InChI is InChI=1S/C4H9Cl2O3P.C3H8NO4P.H3N/c5-1-3-9-10(7,8)4-2-6;1-2-8-9(6,7)3(4)5;/h1-4H2,(H,7,8);2H2,1H3,(H2,4,5)(H,6,7);1H3. The van der Waals surface area contributed by atoms with E-state index in [1.54, 1.807) is 0 Å². The number of halogens is 2. The van der Waals surface area contributed by atoms with Crippen LogP contribution in [0.15, 0.2) is 0 Å². The Morgan fingerprint density at radius 3 is 2.05 bits per heavy atom. The van der Waals surface area contributed by atoms with Crippen molar-refractivity contribution >= 4 is 44.0 Å². The van der Waals surface area contributed by atoms with Gasteiger partial charge in [-0.1, -0.05) is 0 Å². The van der Waals surface area contributed by atoms with E-state index in [4.69, 9.17) is 28.1 Å². The first kappa shape index (κ1) is 25.3. The number of amides is 1. The number of rotatable bonds is 8. The molecule has 0 aromatic rings. The van der Waals surface area contributed by atoms with Gasteiger partial charge in [0.25, 0.3) is 5.65 Å².